The van der Waals surface area contributed by atoms with Crippen LogP contribution in [-0.2, 0) is 6.42 Å². The molecule has 0 aliphatic carbocycles. The van der Waals surface area contributed by atoms with Gasteiger partial charge in [0.05, 0.1) is 11.7 Å². The molecule has 0 fully saturated rings. The van der Waals surface area contributed by atoms with Gasteiger partial charge >= 0.3 is 0 Å². The Morgan fingerprint density at radius 2 is 2.10 bits per heavy atom. The molecule has 0 saturated heterocycles. The molecule has 3 nitrogen and oxygen atoms in total. The smallest absolute Gasteiger partial charge is 0.0672 e. The number of nitrogens with two attached hydrogens (primary N) is 1. The highest BCUT2D eigenvalue weighted by Gasteiger charge is 2.14. The summed E-state index contributed by atoms with van der Waals surface area (Å²) in [5.74, 6) is 5.71. The van der Waals surface area contributed by atoms with Gasteiger partial charge < -0.3 is 0 Å². The molecule has 1 atom stereocenters. The zero-order valence-electron chi connectivity index (χ0n) is 10.7. The molecule has 0 saturated carbocycles. The lowest BCUT2D eigenvalue weighted by molar-refractivity contribution is 0.540. The summed E-state index contributed by atoms with van der Waals surface area (Å²) in [4.78, 5) is 4.42. The summed E-state index contributed by atoms with van der Waals surface area (Å²) < 4.78 is 2.28. The highest BCUT2D eigenvalue weighted by atomic mass is 79.9. The van der Waals surface area contributed by atoms with E-state index in [-0.39, 0.29) is 6.04 Å². The van der Waals surface area contributed by atoms with E-state index in [1.54, 1.807) is 17.5 Å². The molecule has 1 aromatic carbocycles. The first-order valence-electron chi connectivity index (χ1n) is 6.30. The van der Waals surface area contributed by atoms with Crippen molar-refractivity contribution in [3.8, 4) is 0 Å². The van der Waals surface area contributed by atoms with E-state index in [2.05, 4.69) is 56.0 Å². The maximum Gasteiger partial charge on any atom is 0.0672 e. The van der Waals surface area contributed by atoms with Crippen LogP contribution < -0.4 is 11.3 Å². The Labute approximate surface area is 129 Å². The predicted octanol–water partition coefficient (Wildman–Crippen LogP) is 3.81. The van der Waals surface area contributed by atoms with Crippen molar-refractivity contribution in [1.82, 2.24) is 10.4 Å². The second kappa shape index (κ2) is 6.01. The average molecular weight is 348 g/mol. The fraction of sp³-hybridized carbons (Fsp3) is 0.133. The topological polar surface area (TPSA) is 50.9 Å². The van der Waals surface area contributed by atoms with E-state index in [4.69, 9.17) is 5.84 Å². The Balaban J connectivity index is 1.89. The molecule has 0 bridgehead atoms. The largest absolute Gasteiger partial charge is 0.271 e. The molecule has 0 aliphatic heterocycles. The van der Waals surface area contributed by atoms with Gasteiger partial charge in [-0.15, -0.1) is 11.3 Å². The SMILES string of the molecule is NNC(Cc1csc2ccccc12)c1ccc(Br)cn1. The van der Waals surface area contributed by atoms with Crippen molar-refractivity contribution in [2.24, 2.45) is 5.84 Å². The summed E-state index contributed by atoms with van der Waals surface area (Å²) >= 11 is 5.16. The van der Waals surface area contributed by atoms with Gasteiger partial charge in [-0.05, 0) is 56.9 Å². The van der Waals surface area contributed by atoms with Gasteiger partial charge in [0, 0.05) is 15.4 Å². The van der Waals surface area contributed by atoms with Crippen molar-refractivity contribution in [3.05, 3.63) is 63.7 Å². The van der Waals surface area contributed by atoms with Crippen molar-refractivity contribution in [3.63, 3.8) is 0 Å². The van der Waals surface area contributed by atoms with Crippen LogP contribution in [0.3, 0.4) is 0 Å². The number of halogens is 1. The second-order valence-corrected chi connectivity index (χ2v) is 6.41. The van der Waals surface area contributed by atoms with Crippen LogP contribution in [0.4, 0.5) is 0 Å². The highest BCUT2D eigenvalue weighted by Crippen LogP contribution is 2.29. The summed E-state index contributed by atoms with van der Waals surface area (Å²) in [6.45, 7) is 0. The van der Waals surface area contributed by atoms with Gasteiger partial charge in [-0.3, -0.25) is 16.3 Å². The van der Waals surface area contributed by atoms with Crippen LogP contribution in [-0.4, -0.2) is 4.98 Å². The summed E-state index contributed by atoms with van der Waals surface area (Å²) in [7, 11) is 0. The second-order valence-electron chi connectivity index (χ2n) is 4.58. The number of hydrazine groups is 1. The molecule has 3 aromatic rings. The molecule has 0 amide bonds. The Morgan fingerprint density at radius 3 is 2.85 bits per heavy atom. The van der Waals surface area contributed by atoms with Gasteiger partial charge in [0.25, 0.3) is 0 Å². The number of hydrogen-bond acceptors (Lipinski definition) is 4. The molecular formula is C15H14BrN3S. The summed E-state index contributed by atoms with van der Waals surface area (Å²) in [6, 6.07) is 12.4. The van der Waals surface area contributed by atoms with Crippen LogP contribution in [0.2, 0.25) is 0 Å². The van der Waals surface area contributed by atoms with Gasteiger partial charge in [-0.2, -0.15) is 0 Å². The van der Waals surface area contributed by atoms with Crippen LogP contribution in [0.15, 0.2) is 52.4 Å². The monoisotopic (exact) mass is 347 g/mol. The van der Waals surface area contributed by atoms with E-state index in [0.717, 1.165) is 16.6 Å². The van der Waals surface area contributed by atoms with Gasteiger partial charge in [-0.25, -0.2) is 0 Å². The maximum atomic E-state index is 5.71. The predicted molar refractivity (Wildman–Crippen MR) is 87.5 cm³/mol. The summed E-state index contributed by atoms with van der Waals surface area (Å²) in [5.41, 5.74) is 5.12. The first-order valence-corrected chi connectivity index (χ1v) is 7.98. The third-order valence-electron chi connectivity index (χ3n) is 3.29. The fourth-order valence-electron chi connectivity index (χ4n) is 2.25. The van der Waals surface area contributed by atoms with Gasteiger partial charge in [0.15, 0.2) is 0 Å². The average Bonchev–Trinajstić information content (AvgIpc) is 2.89. The first kappa shape index (κ1) is 13.7. The Morgan fingerprint density at radius 1 is 1.25 bits per heavy atom. The number of benzene rings is 1. The normalized spacial score (nSPS) is 12.7. The van der Waals surface area contributed by atoms with Crippen molar-refractivity contribution >= 4 is 37.4 Å². The molecule has 20 heavy (non-hydrogen) atoms. The van der Waals surface area contributed by atoms with Crippen LogP contribution in [0.5, 0.6) is 0 Å². The van der Waals surface area contributed by atoms with E-state index in [1.165, 1.54) is 15.6 Å². The zero-order chi connectivity index (χ0) is 13.9. The lowest BCUT2D eigenvalue weighted by atomic mass is 10.0. The summed E-state index contributed by atoms with van der Waals surface area (Å²) in [6.07, 6.45) is 2.63. The Hall–Kier alpha value is -1.27. The van der Waals surface area contributed by atoms with E-state index < -0.39 is 0 Å². The molecular weight excluding hydrogens is 334 g/mol. The van der Waals surface area contributed by atoms with Crippen molar-refractivity contribution < 1.29 is 0 Å². The number of hydrogen-bond donors (Lipinski definition) is 2. The molecule has 0 radical (unpaired) electrons. The Kier molecular flexibility index (Phi) is 4.12. The first-order chi connectivity index (χ1) is 9.78. The molecule has 2 heterocycles. The fourth-order valence-corrected chi connectivity index (χ4v) is 3.46. The van der Waals surface area contributed by atoms with Gasteiger partial charge in [0.1, 0.15) is 0 Å². The van der Waals surface area contributed by atoms with Crippen LogP contribution in [0, 0.1) is 0 Å². The summed E-state index contributed by atoms with van der Waals surface area (Å²) in [5, 5.41) is 3.50. The molecule has 2 aromatic heterocycles. The zero-order valence-corrected chi connectivity index (χ0v) is 13.1. The van der Waals surface area contributed by atoms with Gasteiger partial charge in [0.2, 0.25) is 0 Å². The van der Waals surface area contributed by atoms with Gasteiger partial charge in [-0.1, -0.05) is 18.2 Å². The van der Waals surface area contributed by atoms with E-state index in [0.29, 0.717) is 0 Å². The minimum absolute atomic E-state index is 0.0149. The molecule has 0 spiro atoms. The third-order valence-corrected chi connectivity index (χ3v) is 4.78. The molecule has 3 N–H and O–H groups in total. The van der Waals surface area contributed by atoms with E-state index >= 15 is 0 Å². The van der Waals surface area contributed by atoms with Crippen molar-refractivity contribution in [1.29, 1.82) is 0 Å². The number of fused-ring (bicyclic) bond motifs is 1. The molecule has 1 unspecified atom stereocenters. The minimum atomic E-state index is 0.0149. The number of pyridine rings is 1. The maximum absolute atomic E-state index is 5.71. The molecule has 0 aliphatic rings. The number of nitrogens with one attached hydrogen (secondary N) is 1. The lowest BCUT2D eigenvalue weighted by Crippen LogP contribution is -2.30. The lowest BCUT2D eigenvalue weighted by Gasteiger charge is -2.15. The highest BCUT2D eigenvalue weighted by molar-refractivity contribution is 9.10. The van der Waals surface area contributed by atoms with Crippen molar-refractivity contribution in [2.45, 2.75) is 12.5 Å². The quantitative estimate of drug-likeness (QED) is 0.557. The number of rotatable bonds is 4. The van der Waals surface area contributed by atoms with Crippen molar-refractivity contribution in [2.75, 3.05) is 0 Å². The van der Waals surface area contributed by atoms with Crippen LogP contribution in [0.1, 0.15) is 17.3 Å². The number of aromatic nitrogens is 1. The number of thiophene rings is 1. The number of nitrogens with zero attached hydrogens (tertiary/aromatic N) is 1. The standard InChI is InChI=1S/C15H14BrN3S/c16-11-5-6-13(18-8-11)14(19-17)7-10-9-20-15-4-2-1-3-12(10)15/h1-6,8-9,14,19H,7,17H2. The van der Waals surface area contributed by atoms with E-state index in [9.17, 15) is 0 Å². The molecule has 3 rings (SSSR count). The molecule has 5 heteroatoms. The van der Waals surface area contributed by atoms with E-state index in [1.807, 2.05) is 12.1 Å². The van der Waals surface area contributed by atoms with Crippen LogP contribution >= 0.6 is 27.3 Å². The molecule has 102 valence electrons. The Bertz CT molecular complexity index is 708. The third kappa shape index (κ3) is 2.76. The van der Waals surface area contributed by atoms with Crippen LogP contribution in [0.25, 0.3) is 10.1 Å². The minimum Gasteiger partial charge on any atom is -0.271 e.